The van der Waals surface area contributed by atoms with Gasteiger partial charge in [0.25, 0.3) is 0 Å². The lowest BCUT2D eigenvalue weighted by molar-refractivity contribution is 0.198. The van der Waals surface area contributed by atoms with Gasteiger partial charge in [-0.05, 0) is 61.1 Å². The van der Waals surface area contributed by atoms with Gasteiger partial charge in [0.15, 0.2) is 0 Å². The molecule has 3 heterocycles. The molecule has 0 bridgehead atoms. The molecule has 6 heteroatoms. The summed E-state index contributed by atoms with van der Waals surface area (Å²) in [6.07, 6.45) is 8.28. The molecule has 1 saturated heterocycles. The Morgan fingerprint density at radius 1 is 1.12 bits per heavy atom. The van der Waals surface area contributed by atoms with Gasteiger partial charge in [0, 0.05) is 31.5 Å². The number of carbonyl (C=O) groups excluding carboxylic acids is 1. The maximum Gasteiger partial charge on any atom is 0.321 e. The molecule has 1 aromatic carbocycles. The maximum absolute atomic E-state index is 12.7. The predicted octanol–water partition coefficient (Wildman–Crippen LogP) is 5.84. The van der Waals surface area contributed by atoms with E-state index < -0.39 is 0 Å². The van der Waals surface area contributed by atoms with Crippen LogP contribution in [0.25, 0.3) is 6.08 Å². The molecule has 0 radical (unpaired) electrons. The van der Waals surface area contributed by atoms with Gasteiger partial charge >= 0.3 is 6.03 Å². The van der Waals surface area contributed by atoms with E-state index in [1.54, 1.807) is 18.6 Å². The fourth-order valence-corrected chi connectivity index (χ4v) is 3.79. The number of rotatable bonds is 4. The number of amides is 2. The van der Waals surface area contributed by atoms with Crippen LogP contribution in [0.4, 0.5) is 10.5 Å². The number of pyridine rings is 2. The summed E-state index contributed by atoms with van der Waals surface area (Å²) in [5, 5.41) is 2.95. The summed E-state index contributed by atoms with van der Waals surface area (Å²) < 4.78 is 5.90. The minimum Gasteiger partial charge on any atom is -0.439 e. The van der Waals surface area contributed by atoms with E-state index in [1.165, 1.54) is 5.57 Å². The smallest absolute Gasteiger partial charge is 0.321 e. The van der Waals surface area contributed by atoms with Gasteiger partial charge in [0.1, 0.15) is 5.75 Å². The second-order valence-electron chi connectivity index (χ2n) is 8.35. The first-order valence-corrected chi connectivity index (χ1v) is 10.8. The van der Waals surface area contributed by atoms with E-state index in [1.807, 2.05) is 55.1 Å². The van der Waals surface area contributed by atoms with Gasteiger partial charge in [0.2, 0.25) is 5.88 Å². The van der Waals surface area contributed by atoms with Gasteiger partial charge in [-0.15, -0.1) is 0 Å². The van der Waals surface area contributed by atoms with Crippen LogP contribution in [-0.2, 0) is 0 Å². The number of hydrogen-bond acceptors (Lipinski definition) is 4. The van der Waals surface area contributed by atoms with E-state index >= 15 is 0 Å². The number of likely N-dealkylation sites (tertiary alicyclic amines) is 1. The highest BCUT2D eigenvalue weighted by atomic mass is 16.5. The molecule has 1 N–H and O–H groups in total. The number of hydrogen-bond donors (Lipinski definition) is 1. The van der Waals surface area contributed by atoms with Crippen molar-refractivity contribution in [3.8, 4) is 11.6 Å². The van der Waals surface area contributed by atoms with Crippen molar-refractivity contribution < 1.29 is 9.53 Å². The zero-order valence-electron chi connectivity index (χ0n) is 18.7. The van der Waals surface area contributed by atoms with Crippen molar-refractivity contribution in [1.29, 1.82) is 0 Å². The lowest BCUT2D eigenvalue weighted by atomic mass is 9.91. The number of nitrogens with zero attached hydrogens (tertiary/aromatic N) is 3. The normalized spacial score (nSPS) is 17.3. The third kappa shape index (κ3) is 5.52. The second kappa shape index (κ2) is 9.64. The third-order valence-electron chi connectivity index (χ3n) is 5.53. The SMILES string of the molecule is Cc1ccc(Oc2cccc(C=C3CCN(C(=O)Nc4cncc(C)c4)CC3C)c2)nc1. The molecule has 2 amide bonds. The van der Waals surface area contributed by atoms with Gasteiger partial charge in [0.05, 0.1) is 11.9 Å². The van der Waals surface area contributed by atoms with Crippen molar-refractivity contribution in [2.75, 3.05) is 18.4 Å². The Morgan fingerprint density at radius 2 is 2.00 bits per heavy atom. The molecule has 4 rings (SSSR count). The van der Waals surface area contributed by atoms with Crippen molar-refractivity contribution in [3.63, 3.8) is 0 Å². The fraction of sp³-hybridized carbons (Fsp3) is 0.269. The molecule has 2 aromatic heterocycles. The third-order valence-corrected chi connectivity index (χ3v) is 5.53. The first-order chi connectivity index (χ1) is 15.5. The van der Waals surface area contributed by atoms with Crippen LogP contribution in [0.1, 0.15) is 30.0 Å². The molecule has 1 unspecified atom stereocenters. The molecule has 6 nitrogen and oxygen atoms in total. The highest BCUT2D eigenvalue weighted by Gasteiger charge is 2.24. The molecule has 0 aliphatic carbocycles. The van der Waals surface area contributed by atoms with Crippen LogP contribution >= 0.6 is 0 Å². The number of urea groups is 1. The zero-order chi connectivity index (χ0) is 22.5. The summed E-state index contributed by atoms with van der Waals surface area (Å²) in [6, 6.07) is 13.7. The monoisotopic (exact) mass is 428 g/mol. The summed E-state index contributed by atoms with van der Waals surface area (Å²) in [5.74, 6) is 1.61. The Hall–Kier alpha value is -3.67. The van der Waals surface area contributed by atoms with Gasteiger partial charge in [-0.25, -0.2) is 9.78 Å². The Balaban J connectivity index is 1.39. The highest BCUT2D eigenvalue weighted by molar-refractivity contribution is 5.89. The van der Waals surface area contributed by atoms with Crippen LogP contribution in [0, 0.1) is 19.8 Å². The summed E-state index contributed by atoms with van der Waals surface area (Å²) in [7, 11) is 0. The average Bonchev–Trinajstić information content (AvgIpc) is 2.77. The summed E-state index contributed by atoms with van der Waals surface area (Å²) >= 11 is 0. The first-order valence-electron chi connectivity index (χ1n) is 10.8. The van der Waals surface area contributed by atoms with Crippen LogP contribution in [0.15, 0.2) is 66.6 Å². The molecule has 0 spiro atoms. The number of carbonyl (C=O) groups is 1. The minimum atomic E-state index is -0.0794. The standard InChI is InChI=1S/C26H28N4O2/c1-18-7-8-25(28-15-18)32-24-6-4-5-21(13-24)12-22-9-10-30(17-20(22)3)26(31)29-23-11-19(2)14-27-16-23/h4-8,11-16,20H,9-10,17H2,1-3H3,(H,29,31). The quantitative estimate of drug-likeness (QED) is 0.567. The summed E-state index contributed by atoms with van der Waals surface area (Å²) in [6.45, 7) is 7.49. The highest BCUT2D eigenvalue weighted by Crippen LogP contribution is 2.27. The lowest BCUT2D eigenvalue weighted by Gasteiger charge is -2.33. The van der Waals surface area contributed by atoms with Crippen LogP contribution in [0.5, 0.6) is 11.6 Å². The van der Waals surface area contributed by atoms with E-state index in [9.17, 15) is 4.79 Å². The van der Waals surface area contributed by atoms with E-state index in [0.717, 1.165) is 34.5 Å². The molecule has 1 atom stereocenters. The summed E-state index contributed by atoms with van der Waals surface area (Å²) in [4.78, 5) is 23.0. The van der Waals surface area contributed by atoms with Crippen molar-refractivity contribution in [1.82, 2.24) is 14.9 Å². The van der Waals surface area contributed by atoms with E-state index in [-0.39, 0.29) is 11.9 Å². The lowest BCUT2D eigenvalue weighted by Crippen LogP contribution is -2.42. The summed E-state index contributed by atoms with van der Waals surface area (Å²) in [5.41, 5.74) is 5.26. The predicted molar refractivity (Wildman–Crippen MR) is 127 cm³/mol. The molecule has 0 saturated carbocycles. The van der Waals surface area contributed by atoms with Crippen LogP contribution in [-0.4, -0.2) is 34.0 Å². The van der Waals surface area contributed by atoms with Crippen molar-refractivity contribution in [2.45, 2.75) is 27.2 Å². The van der Waals surface area contributed by atoms with Crippen LogP contribution in [0.3, 0.4) is 0 Å². The number of nitrogens with one attached hydrogen (secondary N) is 1. The topological polar surface area (TPSA) is 67.3 Å². The number of anilines is 1. The molecule has 1 aliphatic rings. The van der Waals surface area contributed by atoms with Gasteiger partial charge < -0.3 is 15.0 Å². The molecule has 32 heavy (non-hydrogen) atoms. The maximum atomic E-state index is 12.7. The Morgan fingerprint density at radius 3 is 2.75 bits per heavy atom. The second-order valence-corrected chi connectivity index (χ2v) is 8.35. The van der Waals surface area contributed by atoms with Crippen LogP contribution in [0.2, 0.25) is 0 Å². The molecule has 164 valence electrons. The molecular weight excluding hydrogens is 400 g/mol. The van der Waals surface area contributed by atoms with E-state index in [4.69, 9.17) is 4.74 Å². The number of aryl methyl sites for hydroxylation is 2. The van der Waals surface area contributed by atoms with Crippen molar-refractivity contribution >= 4 is 17.8 Å². The van der Waals surface area contributed by atoms with E-state index in [0.29, 0.717) is 19.0 Å². The van der Waals surface area contributed by atoms with Gasteiger partial charge in [-0.1, -0.05) is 36.8 Å². The van der Waals surface area contributed by atoms with E-state index in [2.05, 4.69) is 34.4 Å². The Labute approximate surface area is 189 Å². The minimum absolute atomic E-state index is 0.0794. The fourth-order valence-electron chi connectivity index (χ4n) is 3.79. The number of benzene rings is 1. The first kappa shape index (κ1) is 21.6. The van der Waals surface area contributed by atoms with Crippen molar-refractivity contribution in [3.05, 3.63) is 83.3 Å². The number of aromatic nitrogens is 2. The number of ether oxygens (including phenoxy) is 1. The molecule has 3 aromatic rings. The molecule has 1 fully saturated rings. The van der Waals surface area contributed by atoms with Crippen molar-refractivity contribution in [2.24, 2.45) is 5.92 Å². The Kier molecular flexibility index (Phi) is 6.50. The Bertz CT molecular complexity index is 1120. The largest absolute Gasteiger partial charge is 0.439 e. The van der Waals surface area contributed by atoms with Gasteiger partial charge in [-0.2, -0.15) is 0 Å². The average molecular weight is 429 g/mol. The van der Waals surface area contributed by atoms with Gasteiger partial charge in [-0.3, -0.25) is 4.98 Å². The molecular formula is C26H28N4O2. The molecule has 1 aliphatic heterocycles. The number of piperidine rings is 1. The van der Waals surface area contributed by atoms with Crippen LogP contribution < -0.4 is 10.1 Å². The zero-order valence-corrected chi connectivity index (χ0v) is 18.7.